The summed E-state index contributed by atoms with van der Waals surface area (Å²) in [6.07, 6.45) is 4.75. The number of aromatic nitrogens is 3. The quantitative estimate of drug-likeness (QED) is 0.244. The van der Waals surface area contributed by atoms with Crippen LogP contribution in [0.2, 0.25) is 0 Å². The van der Waals surface area contributed by atoms with E-state index in [1.807, 2.05) is 82.3 Å². The standard InChI is InChI=1S/C34H40N6O4/c1-22-10-12-23(13-11-22)40-29(20-28(38-40)34(5)16-17-34)37-31(41)36-27-21-35-30(26-9-7-6-8-25(26)27)43-24-14-18-39(19-15-24)32(42)44-33(2,3)4/h6-13,20-21,24H,14-19H2,1-5H3,(H2,36,37,41). The van der Waals surface area contributed by atoms with Crippen molar-refractivity contribution in [1.82, 2.24) is 19.7 Å². The zero-order chi connectivity index (χ0) is 31.1. The van der Waals surface area contributed by atoms with Crippen LogP contribution in [0, 0.1) is 6.92 Å². The molecule has 6 rings (SSSR count). The molecule has 44 heavy (non-hydrogen) atoms. The summed E-state index contributed by atoms with van der Waals surface area (Å²) in [6.45, 7) is 10.9. The molecule has 0 spiro atoms. The summed E-state index contributed by atoms with van der Waals surface area (Å²) in [4.78, 5) is 32.1. The molecule has 2 fully saturated rings. The Balaban J connectivity index is 1.16. The van der Waals surface area contributed by atoms with E-state index < -0.39 is 5.60 Å². The zero-order valence-corrected chi connectivity index (χ0v) is 26.0. The van der Waals surface area contributed by atoms with Gasteiger partial charge in [0.15, 0.2) is 0 Å². The number of aryl methyl sites for hydroxylation is 1. The molecule has 4 aromatic rings. The van der Waals surface area contributed by atoms with E-state index in [1.165, 1.54) is 0 Å². The van der Waals surface area contributed by atoms with Crippen LogP contribution in [0.25, 0.3) is 16.5 Å². The van der Waals surface area contributed by atoms with Crippen molar-refractivity contribution in [3.8, 4) is 11.6 Å². The highest BCUT2D eigenvalue weighted by Crippen LogP contribution is 2.47. The highest BCUT2D eigenvalue weighted by molar-refractivity contribution is 6.06. The third kappa shape index (κ3) is 6.49. The van der Waals surface area contributed by atoms with Crippen LogP contribution in [0.3, 0.4) is 0 Å². The number of nitrogens with zero attached hydrogens (tertiary/aromatic N) is 4. The minimum absolute atomic E-state index is 0.0468. The van der Waals surface area contributed by atoms with E-state index in [2.05, 4.69) is 22.5 Å². The zero-order valence-electron chi connectivity index (χ0n) is 26.0. The van der Waals surface area contributed by atoms with E-state index >= 15 is 0 Å². The van der Waals surface area contributed by atoms with Crippen molar-refractivity contribution in [2.75, 3.05) is 23.7 Å². The number of benzene rings is 2. The fourth-order valence-electron chi connectivity index (χ4n) is 5.36. The SMILES string of the molecule is Cc1ccc(-n2nc(C3(C)CC3)cc2NC(=O)Nc2cnc(OC3CCN(C(=O)OC(C)(C)C)CC3)c3ccccc23)cc1. The number of urea groups is 1. The molecule has 230 valence electrons. The van der Waals surface area contributed by atoms with E-state index in [1.54, 1.807) is 15.8 Å². The Kier molecular flexibility index (Phi) is 7.69. The van der Waals surface area contributed by atoms with Gasteiger partial charge in [-0.05, 0) is 58.7 Å². The van der Waals surface area contributed by atoms with Crippen molar-refractivity contribution >= 4 is 34.4 Å². The van der Waals surface area contributed by atoms with Crippen LogP contribution in [0.15, 0.2) is 60.8 Å². The van der Waals surface area contributed by atoms with E-state index in [9.17, 15) is 9.59 Å². The molecule has 1 aliphatic heterocycles. The van der Waals surface area contributed by atoms with Crippen molar-refractivity contribution in [2.24, 2.45) is 0 Å². The van der Waals surface area contributed by atoms with Gasteiger partial charge in [-0.1, -0.05) is 42.8 Å². The highest BCUT2D eigenvalue weighted by atomic mass is 16.6. The molecule has 1 aliphatic carbocycles. The van der Waals surface area contributed by atoms with Crippen molar-refractivity contribution in [3.63, 3.8) is 0 Å². The molecule has 1 saturated carbocycles. The van der Waals surface area contributed by atoms with E-state index in [0.717, 1.165) is 40.6 Å². The molecule has 3 heterocycles. The fraction of sp³-hybridized carbons (Fsp3) is 0.412. The van der Waals surface area contributed by atoms with E-state index in [4.69, 9.17) is 14.6 Å². The van der Waals surface area contributed by atoms with Crippen molar-refractivity contribution in [1.29, 1.82) is 0 Å². The van der Waals surface area contributed by atoms with Crippen LogP contribution in [0.5, 0.6) is 5.88 Å². The lowest BCUT2D eigenvalue weighted by atomic mass is 10.1. The molecule has 0 radical (unpaired) electrons. The molecular formula is C34H40N6O4. The average molecular weight is 597 g/mol. The molecule has 0 unspecified atom stereocenters. The van der Waals surface area contributed by atoms with Gasteiger partial charge in [-0.25, -0.2) is 19.3 Å². The molecule has 0 atom stereocenters. The summed E-state index contributed by atoms with van der Waals surface area (Å²) in [5, 5.41) is 12.5. The minimum Gasteiger partial charge on any atom is -0.474 e. The van der Waals surface area contributed by atoms with Gasteiger partial charge in [-0.3, -0.25) is 5.32 Å². The number of nitrogens with one attached hydrogen (secondary N) is 2. The van der Waals surface area contributed by atoms with Gasteiger partial charge in [0.1, 0.15) is 17.5 Å². The third-order valence-corrected chi connectivity index (χ3v) is 8.23. The predicted octanol–water partition coefficient (Wildman–Crippen LogP) is 7.20. The van der Waals surface area contributed by atoms with Crippen LogP contribution < -0.4 is 15.4 Å². The topological polar surface area (TPSA) is 111 Å². The molecular weight excluding hydrogens is 556 g/mol. The van der Waals surface area contributed by atoms with E-state index in [-0.39, 0.29) is 23.6 Å². The number of hydrogen-bond acceptors (Lipinski definition) is 6. The number of fused-ring (bicyclic) bond motifs is 1. The lowest BCUT2D eigenvalue weighted by Crippen LogP contribution is -2.44. The van der Waals surface area contributed by atoms with Gasteiger partial charge in [0, 0.05) is 48.2 Å². The fourth-order valence-corrected chi connectivity index (χ4v) is 5.36. The number of carbonyl (C=O) groups excluding carboxylic acids is 2. The van der Waals surface area contributed by atoms with Crippen LogP contribution in [0.4, 0.5) is 21.1 Å². The number of carbonyl (C=O) groups is 2. The number of hydrogen-bond donors (Lipinski definition) is 2. The number of pyridine rings is 1. The summed E-state index contributed by atoms with van der Waals surface area (Å²) in [7, 11) is 0. The number of amides is 3. The van der Waals surface area contributed by atoms with Crippen molar-refractivity contribution < 1.29 is 19.1 Å². The van der Waals surface area contributed by atoms with Gasteiger partial charge in [-0.15, -0.1) is 0 Å². The summed E-state index contributed by atoms with van der Waals surface area (Å²) >= 11 is 0. The minimum atomic E-state index is -0.528. The van der Waals surface area contributed by atoms with Crippen LogP contribution >= 0.6 is 0 Å². The first kappa shape index (κ1) is 29.5. The Hall–Kier alpha value is -4.60. The maximum Gasteiger partial charge on any atom is 0.410 e. The lowest BCUT2D eigenvalue weighted by molar-refractivity contribution is 0.0124. The molecule has 1 saturated heterocycles. The second kappa shape index (κ2) is 11.5. The summed E-state index contributed by atoms with van der Waals surface area (Å²) in [6, 6.07) is 17.4. The highest BCUT2D eigenvalue weighted by Gasteiger charge is 2.42. The number of piperidine rings is 1. The molecule has 2 aliphatic rings. The Morgan fingerprint density at radius 3 is 2.32 bits per heavy atom. The molecule has 0 bridgehead atoms. The predicted molar refractivity (Wildman–Crippen MR) is 171 cm³/mol. The normalized spacial score (nSPS) is 16.4. The maximum atomic E-state index is 13.3. The van der Waals surface area contributed by atoms with Gasteiger partial charge >= 0.3 is 12.1 Å². The van der Waals surface area contributed by atoms with E-state index in [0.29, 0.717) is 43.3 Å². The number of likely N-dealkylation sites (tertiary alicyclic amines) is 1. The molecule has 10 heteroatoms. The van der Waals surface area contributed by atoms with Crippen LogP contribution in [0.1, 0.15) is 64.6 Å². The maximum absolute atomic E-state index is 13.3. The summed E-state index contributed by atoms with van der Waals surface area (Å²) < 4.78 is 13.6. The van der Waals surface area contributed by atoms with Gasteiger partial charge in [0.25, 0.3) is 0 Å². The average Bonchev–Trinajstić information content (AvgIpc) is 3.60. The number of ether oxygens (including phenoxy) is 2. The third-order valence-electron chi connectivity index (χ3n) is 8.23. The number of anilines is 2. The van der Waals surface area contributed by atoms with Gasteiger partial charge in [0.2, 0.25) is 5.88 Å². The van der Waals surface area contributed by atoms with Crippen LogP contribution in [-0.4, -0.2) is 56.6 Å². The lowest BCUT2D eigenvalue weighted by Gasteiger charge is -2.33. The first-order valence-electron chi connectivity index (χ1n) is 15.3. The summed E-state index contributed by atoms with van der Waals surface area (Å²) in [5.74, 6) is 1.10. The van der Waals surface area contributed by atoms with Crippen molar-refractivity contribution in [2.45, 2.75) is 77.4 Å². The molecule has 2 aromatic carbocycles. The van der Waals surface area contributed by atoms with Gasteiger partial charge in [-0.2, -0.15) is 5.10 Å². The van der Waals surface area contributed by atoms with Crippen molar-refractivity contribution in [3.05, 3.63) is 72.1 Å². The summed E-state index contributed by atoms with van der Waals surface area (Å²) in [5.41, 5.74) is 3.10. The van der Waals surface area contributed by atoms with Crippen LogP contribution in [-0.2, 0) is 10.2 Å². The first-order valence-corrected chi connectivity index (χ1v) is 15.3. The van der Waals surface area contributed by atoms with Gasteiger partial charge < -0.3 is 19.7 Å². The second-order valence-electron chi connectivity index (χ2n) is 13.1. The Morgan fingerprint density at radius 1 is 0.977 bits per heavy atom. The second-order valence-corrected chi connectivity index (χ2v) is 13.1. The largest absolute Gasteiger partial charge is 0.474 e. The van der Waals surface area contributed by atoms with Gasteiger partial charge in [0.05, 0.1) is 23.3 Å². The number of rotatable bonds is 6. The Morgan fingerprint density at radius 2 is 1.66 bits per heavy atom. The monoisotopic (exact) mass is 596 g/mol. The Labute approximate surface area is 257 Å². The molecule has 2 N–H and O–H groups in total. The smallest absolute Gasteiger partial charge is 0.410 e. The Bertz CT molecular complexity index is 1680. The molecule has 2 aromatic heterocycles. The first-order chi connectivity index (χ1) is 21.0. The molecule has 3 amide bonds. The molecule has 10 nitrogen and oxygen atoms in total.